The molecule has 8 nitrogen and oxygen atoms in total. The molecule has 2 aromatic heterocycles. The summed E-state index contributed by atoms with van der Waals surface area (Å²) in [6, 6.07) is 7.84. The molecule has 96 valence electrons. The molecular formula is C11H12N8. The minimum atomic E-state index is 0.674. The predicted molar refractivity (Wildman–Crippen MR) is 67.5 cm³/mol. The van der Waals surface area contributed by atoms with E-state index in [-0.39, 0.29) is 0 Å². The summed E-state index contributed by atoms with van der Waals surface area (Å²) in [4.78, 5) is 0. The summed E-state index contributed by atoms with van der Waals surface area (Å²) in [6.45, 7) is 0.674. The Morgan fingerprint density at radius 3 is 2.58 bits per heavy atom. The van der Waals surface area contributed by atoms with E-state index in [4.69, 9.17) is 0 Å². The third kappa shape index (κ3) is 2.41. The summed E-state index contributed by atoms with van der Waals surface area (Å²) in [7, 11) is 1.87. The molecule has 0 amide bonds. The van der Waals surface area contributed by atoms with Gasteiger partial charge in [-0.15, -0.1) is 10.2 Å². The molecule has 19 heavy (non-hydrogen) atoms. The molecule has 3 aromatic rings. The van der Waals surface area contributed by atoms with Gasteiger partial charge in [-0.2, -0.15) is 0 Å². The normalized spacial score (nSPS) is 10.6. The summed E-state index contributed by atoms with van der Waals surface area (Å²) in [5, 5.41) is 22.0. The highest BCUT2D eigenvalue weighted by Crippen LogP contribution is 2.12. The maximum atomic E-state index is 3.88. The summed E-state index contributed by atoms with van der Waals surface area (Å²) in [5.41, 5.74) is 2.94. The third-order valence-corrected chi connectivity index (χ3v) is 2.76. The summed E-state index contributed by atoms with van der Waals surface area (Å²) < 4.78 is 3.34. The van der Waals surface area contributed by atoms with Crippen LogP contribution in [0.25, 0.3) is 5.69 Å². The average molecular weight is 256 g/mol. The second-order valence-electron chi connectivity index (χ2n) is 4.00. The van der Waals surface area contributed by atoms with E-state index in [2.05, 4.69) is 31.2 Å². The van der Waals surface area contributed by atoms with E-state index in [1.165, 1.54) is 0 Å². The first-order valence-electron chi connectivity index (χ1n) is 5.74. The van der Waals surface area contributed by atoms with Crippen molar-refractivity contribution in [2.45, 2.75) is 6.54 Å². The lowest BCUT2D eigenvalue weighted by Gasteiger charge is -2.07. The highest BCUT2D eigenvalue weighted by atomic mass is 15.5. The number of anilines is 1. The Kier molecular flexibility index (Phi) is 2.89. The predicted octanol–water partition coefficient (Wildman–Crippen LogP) is 0.403. The Balaban J connectivity index is 1.68. The Labute approximate surface area is 109 Å². The van der Waals surface area contributed by atoms with Crippen molar-refractivity contribution in [1.82, 2.24) is 35.2 Å². The molecule has 0 aliphatic carbocycles. The molecule has 1 aromatic carbocycles. The zero-order valence-electron chi connectivity index (χ0n) is 10.3. The first-order chi connectivity index (χ1) is 9.33. The van der Waals surface area contributed by atoms with Crippen LogP contribution in [0.2, 0.25) is 0 Å². The lowest BCUT2D eigenvalue weighted by Crippen LogP contribution is -2.05. The topological polar surface area (TPSA) is 86.3 Å². The standard InChI is InChI=1S/C11H12N8/c1-18-11(7-13-16-18)6-12-9-2-4-10(5-3-9)19-8-14-15-17-19/h2-5,7-8,12H,6H2,1H3. The number of benzene rings is 1. The van der Waals surface area contributed by atoms with Gasteiger partial charge in [-0.05, 0) is 34.7 Å². The summed E-state index contributed by atoms with van der Waals surface area (Å²) >= 11 is 0. The van der Waals surface area contributed by atoms with Crippen molar-refractivity contribution >= 4 is 5.69 Å². The van der Waals surface area contributed by atoms with Gasteiger partial charge in [-0.25, -0.2) is 4.68 Å². The molecule has 0 bridgehead atoms. The second-order valence-corrected chi connectivity index (χ2v) is 4.00. The minimum Gasteiger partial charge on any atom is -0.379 e. The lowest BCUT2D eigenvalue weighted by molar-refractivity contribution is 0.683. The van der Waals surface area contributed by atoms with E-state index in [1.807, 2.05) is 31.3 Å². The smallest absolute Gasteiger partial charge is 0.143 e. The van der Waals surface area contributed by atoms with Gasteiger partial charge in [-0.1, -0.05) is 5.21 Å². The van der Waals surface area contributed by atoms with Gasteiger partial charge in [0, 0.05) is 12.7 Å². The van der Waals surface area contributed by atoms with Gasteiger partial charge in [0.05, 0.1) is 24.1 Å². The quantitative estimate of drug-likeness (QED) is 0.727. The summed E-state index contributed by atoms with van der Waals surface area (Å²) in [5.74, 6) is 0. The van der Waals surface area contributed by atoms with E-state index < -0.39 is 0 Å². The van der Waals surface area contributed by atoms with Crippen LogP contribution in [0.3, 0.4) is 0 Å². The van der Waals surface area contributed by atoms with Crippen LogP contribution in [0.1, 0.15) is 5.69 Å². The van der Waals surface area contributed by atoms with Crippen LogP contribution in [-0.2, 0) is 13.6 Å². The fraction of sp³-hybridized carbons (Fsp3) is 0.182. The molecule has 1 N–H and O–H groups in total. The number of aromatic nitrogens is 7. The van der Waals surface area contributed by atoms with Gasteiger partial charge in [0.1, 0.15) is 6.33 Å². The number of tetrazole rings is 1. The van der Waals surface area contributed by atoms with Gasteiger partial charge < -0.3 is 5.32 Å². The monoisotopic (exact) mass is 256 g/mol. The van der Waals surface area contributed by atoms with Crippen LogP contribution in [0, 0.1) is 0 Å². The Morgan fingerprint density at radius 2 is 1.95 bits per heavy atom. The van der Waals surface area contributed by atoms with Crippen LogP contribution < -0.4 is 5.32 Å². The Morgan fingerprint density at radius 1 is 1.11 bits per heavy atom. The maximum Gasteiger partial charge on any atom is 0.143 e. The Hall–Kier alpha value is -2.77. The zero-order chi connectivity index (χ0) is 13.1. The molecule has 8 heteroatoms. The largest absolute Gasteiger partial charge is 0.379 e. The molecule has 0 saturated carbocycles. The number of hydrogen-bond donors (Lipinski definition) is 1. The molecule has 0 atom stereocenters. The fourth-order valence-corrected chi connectivity index (χ4v) is 1.68. The molecule has 0 saturated heterocycles. The molecular weight excluding hydrogens is 244 g/mol. The molecule has 0 spiro atoms. The van der Waals surface area contributed by atoms with Crippen molar-refractivity contribution in [2.24, 2.45) is 7.05 Å². The highest BCUT2D eigenvalue weighted by Gasteiger charge is 2.01. The van der Waals surface area contributed by atoms with Crippen molar-refractivity contribution in [3.63, 3.8) is 0 Å². The van der Waals surface area contributed by atoms with Gasteiger partial charge in [0.25, 0.3) is 0 Å². The van der Waals surface area contributed by atoms with E-state index in [0.29, 0.717) is 6.54 Å². The number of aryl methyl sites for hydroxylation is 1. The van der Waals surface area contributed by atoms with Crippen molar-refractivity contribution in [3.8, 4) is 5.69 Å². The molecule has 0 aliphatic rings. The van der Waals surface area contributed by atoms with Gasteiger partial charge in [-0.3, -0.25) is 4.68 Å². The van der Waals surface area contributed by atoms with Crippen molar-refractivity contribution in [1.29, 1.82) is 0 Å². The Bertz CT molecular complexity index is 640. The van der Waals surface area contributed by atoms with Crippen LogP contribution in [-0.4, -0.2) is 35.2 Å². The molecule has 0 aliphatic heterocycles. The maximum absolute atomic E-state index is 3.88. The van der Waals surface area contributed by atoms with Crippen LogP contribution in [0.4, 0.5) is 5.69 Å². The van der Waals surface area contributed by atoms with Crippen LogP contribution >= 0.6 is 0 Å². The molecule has 0 unspecified atom stereocenters. The fourth-order valence-electron chi connectivity index (χ4n) is 1.68. The zero-order valence-corrected chi connectivity index (χ0v) is 10.3. The number of nitrogens with one attached hydrogen (secondary N) is 1. The van der Waals surface area contributed by atoms with Crippen LogP contribution in [0.15, 0.2) is 36.8 Å². The van der Waals surface area contributed by atoms with E-state index in [0.717, 1.165) is 17.1 Å². The first-order valence-corrected chi connectivity index (χ1v) is 5.74. The average Bonchev–Trinajstić information content (AvgIpc) is 3.09. The molecule has 0 radical (unpaired) electrons. The van der Waals surface area contributed by atoms with E-state index in [1.54, 1.807) is 21.9 Å². The van der Waals surface area contributed by atoms with Gasteiger partial charge in [0.15, 0.2) is 0 Å². The summed E-state index contributed by atoms with van der Waals surface area (Å²) in [6.07, 6.45) is 3.30. The van der Waals surface area contributed by atoms with Crippen molar-refractivity contribution < 1.29 is 0 Å². The van der Waals surface area contributed by atoms with Crippen molar-refractivity contribution in [3.05, 3.63) is 42.5 Å². The van der Waals surface area contributed by atoms with E-state index >= 15 is 0 Å². The van der Waals surface area contributed by atoms with Gasteiger partial charge >= 0.3 is 0 Å². The van der Waals surface area contributed by atoms with Crippen LogP contribution in [0.5, 0.6) is 0 Å². The number of nitrogens with zero attached hydrogens (tertiary/aromatic N) is 7. The molecule has 3 rings (SSSR count). The lowest BCUT2D eigenvalue weighted by atomic mass is 10.3. The van der Waals surface area contributed by atoms with E-state index in [9.17, 15) is 0 Å². The SMILES string of the molecule is Cn1nncc1CNc1ccc(-n2cnnn2)cc1. The second kappa shape index (κ2) is 4.84. The molecule has 0 fully saturated rings. The van der Waals surface area contributed by atoms with Crippen molar-refractivity contribution in [2.75, 3.05) is 5.32 Å². The molecule has 2 heterocycles. The number of hydrogen-bond acceptors (Lipinski definition) is 6. The van der Waals surface area contributed by atoms with Gasteiger partial charge in [0.2, 0.25) is 0 Å². The highest BCUT2D eigenvalue weighted by molar-refractivity contribution is 5.48. The number of rotatable bonds is 4. The third-order valence-electron chi connectivity index (χ3n) is 2.76. The first kappa shape index (κ1) is 11.3. The minimum absolute atomic E-state index is 0.674.